The van der Waals surface area contributed by atoms with Crippen LogP contribution in [0.15, 0.2) is 23.1 Å². The summed E-state index contributed by atoms with van der Waals surface area (Å²) in [6.45, 7) is 3.97. The third-order valence-corrected chi connectivity index (χ3v) is 2.43. The van der Waals surface area contributed by atoms with Crippen molar-refractivity contribution in [2.45, 2.75) is 18.7 Å². The van der Waals surface area contributed by atoms with Gasteiger partial charge in [-0.1, -0.05) is 17.7 Å². The molecule has 2 N–H and O–H groups in total. The van der Waals surface area contributed by atoms with E-state index in [9.17, 15) is 4.79 Å². The first kappa shape index (κ1) is 9.92. The molecule has 0 aliphatic heterocycles. The van der Waals surface area contributed by atoms with Crippen molar-refractivity contribution < 1.29 is 8.98 Å². The molecule has 70 valence electrons. The molecule has 3 nitrogen and oxygen atoms in total. The fourth-order valence-corrected chi connectivity index (χ4v) is 1.46. The topological polar surface area (TPSA) is 52.3 Å². The van der Waals surface area contributed by atoms with Crippen molar-refractivity contribution in [2.24, 2.45) is 5.73 Å². The van der Waals surface area contributed by atoms with Gasteiger partial charge in [0.2, 0.25) is 0 Å². The van der Waals surface area contributed by atoms with Gasteiger partial charge < -0.3 is 9.92 Å². The van der Waals surface area contributed by atoms with Gasteiger partial charge in [-0.05, 0) is 25.5 Å². The summed E-state index contributed by atoms with van der Waals surface area (Å²) in [5.41, 5.74) is 7.09. The standard InChI is InChI=1S/C9H11NO2S/c1-6-3-4-8(7(2)5-6)13-12-9(10)11/h3-5H,1-2H3,(H2,10,11). The first-order chi connectivity index (χ1) is 6.09. The van der Waals surface area contributed by atoms with Gasteiger partial charge in [0, 0.05) is 0 Å². The second-order valence-corrected chi connectivity index (χ2v) is 3.53. The number of carbonyl (C=O) groups excluding carboxylic acids is 1. The molecule has 1 aromatic carbocycles. The second-order valence-electron chi connectivity index (χ2n) is 2.75. The summed E-state index contributed by atoms with van der Waals surface area (Å²) in [7, 11) is 0. The molecule has 0 atom stereocenters. The maximum absolute atomic E-state index is 10.3. The Morgan fingerprint density at radius 2 is 2.15 bits per heavy atom. The Morgan fingerprint density at radius 1 is 1.46 bits per heavy atom. The number of amides is 1. The largest absolute Gasteiger partial charge is 0.417 e. The van der Waals surface area contributed by atoms with E-state index >= 15 is 0 Å². The summed E-state index contributed by atoms with van der Waals surface area (Å²) < 4.78 is 4.60. The highest BCUT2D eigenvalue weighted by Gasteiger charge is 2.02. The predicted octanol–water partition coefficient (Wildman–Crippen LogP) is 2.41. The maximum atomic E-state index is 10.3. The molecule has 4 heteroatoms. The molecule has 1 rings (SSSR count). The molecular weight excluding hydrogens is 186 g/mol. The molecule has 0 aliphatic rings. The molecule has 0 aliphatic carbocycles. The van der Waals surface area contributed by atoms with Gasteiger partial charge in [-0.15, -0.1) is 0 Å². The van der Waals surface area contributed by atoms with Gasteiger partial charge >= 0.3 is 6.09 Å². The summed E-state index contributed by atoms with van der Waals surface area (Å²) in [5, 5.41) is 0. The number of benzene rings is 1. The molecule has 0 bridgehead atoms. The first-order valence-electron chi connectivity index (χ1n) is 3.81. The molecule has 0 spiro atoms. The van der Waals surface area contributed by atoms with Gasteiger partial charge in [-0.2, -0.15) is 0 Å². The Morgan fingerprint density at radius 3 is 2.69 bits per heavy atom. The van der Waals surface area contributed by atoms with E-state index in [4.69, 9.17) is 5.73 Å². The van der Waals surface area contributed by atoms with Crippen molar-refractivity contribution in [1.82, 2.24) is 0 Å². The Bertz CT molecular complexity index is 325. The molecule has 13 heavy (non-hydrogen) atoms. The fourth-order valence-electron chi connectivity index (χ4n) is 0.979. The fraction of sp³-hybridized carbons (Fsp3) is 0.222. The highest BCUT2D eigenvalue weighted by molar-refractivity contribution is 7.95. The Kier molecular flexibility index (Phi) is 3.19. The van der Waals surface area contributed by atoms with Crippen molar-refractivity contribution in [3.05, 3.63) is 29.3 Å². The van der Waals surface area contributed by atoms with E-state index in [0.717, 1.165) is 22.5 Å². The van der Waals surface area contributed by atoms with Crippen LogP contribution in [0.25, 0.3) is 0 Å². The monoisotopic (exact) mass is 197 g/mol. The molecular formula is C9H11NO2S. The Hall–Kier alpha value is -1.16. The normalized spacial score (nSPS) is 9.69. The minimum atomic E-state index is -0.773. The minimum Gasteiger partial charge on any atom is -0.370 e. The molecule has 1 amide bonds. The molecule has 0 aromatic heterocycles. The summed E-state index contributed by atoms with van der Waals surface area (Å²) in [4.78, 5) is 11.2. The van der Waals surface area contributed by atoms with E-state index in [1.807, 2.05) is 32.0 Å². The zero-order chi connectivity index (χ0) is 9.84. The van der Waals surface area contributed by atoms with Crippen LogP contribution in [-0.2, 0) is 4.18 Å². The average Bonchev–Trinajstić information content (AvgIpc) is 2.02. The predicted molar refractivity (Wildman–Crippen MR) is 52.4 cm³/mol. The Balaban J connectivity index is 2.72. The summed E-state index contributed by atoms with van der Waals surface area (Å²) in [5.74, 6) is 0. The van der Waals surface area contributed by atoms with Crippen LogP contribution in [0, 0.1) is 13.8 Å². The molecule has 0 unspecified atom stereocenters. The van der Waals surface area contributed by atoms with Crippen molar-refractivity contribution in [3.63, 3.8) is 0 Å². The number of hydrogen-bond acceptors (Lipinski definition) is 3. The highest BCUT2D eigenvalue weighted by atomic mass is 32.2. The third-order valence-electron chi connectivity index (χ3n) is 1.54. The van der Waals surface area contributed by atoms with Crippen LogP contribution >= 0.6 is 12.0 Å². The van der Waals surface area contributed by atoms with Crippen LogP contribution in [-0.4, -0.2) is 6.09 Å². The Labute approximate surface area is 81.5 Å². The van der Waals surface area contributed by atoms with Crippen LogP contribution in [0.5, 0.6) is 0 Å². The maximum Gasteiger partial charge on any atom is 0.417 e. The third kappa shape index (κ3) is 2.99. The van der Waals surface area contributed by atoms with Crippen LogP contribution in [0.3, 0.4) is 0 Å². The number of hydrogen-bond donors (Lipinski definition) is 1. The van der Waals surface area contributed by atoms with Crippen LogP contribution < -0.4 is 5.73 Å². The van der Waals surface area contributed by atoms with E-state index in [-0.39, 0.29) is 0 Å². The van der Waals surface area contributed by atoms with Gasteiger partial charge in [0.25, 0.3) is 0 Å². The SMILES string of the molecule is Cc1ccc(SOC(N)=O)c(C)c1. The molecule has 0 saturated heterocycles. The molecule has 0 saturated carbocycles. The van der Waals surface area contributed by atoms with Gasteiger partial charge in [0.05, 0.1) is 16.9 Å². The zero-order valence-electron chi connectivity index (χ0n) is 7.53. The smallest absolute Gasteiger partial charge is 0.370 e. The first-order valence-corrected chi connectivity index (χ1v) is 4.55. The summed E-state index contributed by atoms with van der Waals surface area (Å²) in [6, 6.07) is 5.88. The van der Waals surface area contributed by atoms with E-state index in [1.54, 1.807) is 0 Å². The van der Waals surface area contributed by atoms with Gasteiger partial charge in [0.1, 0.15) is 0 Å². The lowest BCUT2D eigenvalue weighted by atomic mass is 10.2. The van der Waals surface area contributed by atoms with Crippen LogP contribution in [0.2, 0.25) is 0 Å². The van der Waals surface area contributed by atoms with Gasteiger partial charge in [-0.25, -0.2) is 4.79 Å². The van der Waals surface area contributed by atoms with Crippen molar-refractivity contribution in [1.29, 1.82) is 0 Å². The van der Waals surface area contributed by atoms with Gasteiger partial charge in [0.15, 0.2) is 0 Å². The summed E-state index contributed by atoms with van der Waals surface area (Å²) >= 11 is 0.989. The van der Waals surface area contributed by atoms with Crippen molar-refractivity contribution in [3.8, 4) is 0 Å². The lowest BCUT2D eigenvalue weighted by Gasteiger charge is -2.03. The average molecular weight is 197 g/mol. The highest BCUT2D eigenvalue weighted by Crippen LogP contribution is 2.23. The van der Waals surface area contributed by atoms with E-state index in [1.165, 1.54) is 5.56 Å². The van der Waals surface area contributed by atoms with Crippen molar-refractivity contribution >= 4 is 18.1 Å². The quantitative estimate of drug-likeness (QED) is 0.741. The molecule has 1 aromatic rings. The van der Waals surface area contributed by atoms with E-state index in [0.29, 0.717) is 0 Å². The zero-order valence-corrected chi connectivity index (χ0v) is 8.35. The van der Waals surface area contributed by atoms with E-state index in [2.05, 4.69) is 4.18 Å². The summed E-state index contributed by atoms with van der Waals surface area (Å²) in [6.07, 6.45) is -0.773. The lowest BCUT2D eigenvalue weighted by molar-refractivity contribution is 0.218. The number of carbonyl (C=O) groups is 1. The lowest BCUT2D eigenvalue weighted by Crippen LogP contribution is -2.08. The molecule has 0 heterocycles. The number of nitrogens with two attached hydrogens (primary N) is 1. The number of rotatable bonds is 2. The number of aryl methyl sites for hydroxylation is 2. The molecule has 0 radical (unpaired) electrons. The van der Waals surface area contributed by atoms with Crippen molar-refractivity contribution in [2.75, 3.05) is 0 Å². The minimum absolute atomic E-state index is 0.773. The van der Waals surface area contributed by atoms with Gasteiger partial charge in [-0.3, -0.25) is 0 Å². The van der Waals surface area contributed by atoms with Crippen LogP contribution in [0.4, 0.5) is 4.79 Å². The van der Waals surface area contributed by atoms with Crippen LogP contribution in [0.1, 0.15) is 11.1 Å². The second kappa shape index (κ2) is 4.18. The molecule has 0 fully saturated rings. The number of primary amides is 1. The van der Waals surface area contributed by atoms with E-state index < -0.39 is 6.09 Å².